The zero-order valence-corrected chi connectivity index (χ0v) is 31.8. The van der Waals surface area contributed by atoms with E-state index in [0.717, 1.165) is 54.8 Å². The van der Waals surface area contributed by atoms with Crippen LogP contribution in [0.25, 0.3) is 98.8 Å². The highest BCUT2D eigenvalue weighted by atomic mass is 16.1. The number of nitrogens with zero attached hydrogens (tertiary/aromatic N) is 2. The van der Waals surface area contributed by atoms with Crippen molar-refractivity contribution in [2.45, 2.75) is 5.41 Å². The summed E-state index contributed by atoms with van der Waals surface area (Å²) in [4.78, 5) is 14.9. The van der Waals surface area contributed by atoms with Gasteiger partial charge in [0.1, 0.15) is 0 Å². The second-order valence-electron chi connectivity index (χ2n) is 16.3. The molecule has 59 heavy (non-hydrogen) atoms. The van der Waals surface area contributed by atoms with Gasteiger partial charge in [0, 0.05) is 38.0 Å². The van der Waals surface area contributed by atoms with Gasteiger partial charge >= 0.3 is 0 Å². The SMILES string of the molecule is O=c1c2ccccc2c2cc(-c3ccc4c(c3)c3ccccc3n4-c3ccccc3)cc3c4cc5c(cc4n1c23)C1(c2ccccc2-c2ccccc21)c1ccccc1-5. The minimum absolute atomic E-state index is 0.0210. The summed E-state index contributed by atoms with van der Waals surface area (Å²) in [6, 6.07) is 70.5. The van der Waals surface area contributed by atoms with Crippen LogP contribution >= 0.6 is 0 Å². The standard InChI is InChI=1S/C56H32N2O/c59-55-41-21-5-4-16-36(41)45-29-34(33-26-27-52-43(28-33)40-20-9-13-25-51(40)57(52)35-14-2-1-3-15-35)30-46-44-31-42-39-19-8-12-24-49(39)56(50(42)32-53(44)58(55)54(45)46)47-22-10-6-17-37(47)38-18-7-11-23-48(38)56/h1-32H. The number of rotatable bonds is 2. The molecule has 3 heterocycles. The summed E-state index contributed by atoms with van der Waals surface area (Å²) >= 11 is 0. The van der Waals surface area contributed by atoms with Crippen LogP contribution in [0.2, 0.25) is 0 Å². The van der Waals surface area contributed by atoms with Crippen LogP contribution < -0.4 is 5.56 Å². The van der Waals surface area contributed by atoms with Gasteiger partial charge in [0.2, 0.25) is 0 Å². The average Bonchev–Trinajstić information content (AvgIpc) is 4.00. The molecule has 0 radical (unpaired) electrons. The zero-order chi connectivity index (χ0) is 38.6. The van der Waals surface area contributed by atoms with Crippen LogP contribution in [0.3, 0.4) is 0 Å². The highest BCUT2D eigenvalue weighted by Crippen LogP contribution is 2.63. The van der Waals surface area contributed by atoms with Gasteiger partial charge in [-0.05, 0) is 122 Å². The van der Waals surface area contributed by atoms with Gasteiger partial charge in [-0.25, -0.2) is 0 Å². The molecule has 0 aliphatic heterocycles. The van der Waals surface area contributed by atoms with E-state index >= 15 is 0 Å². The van der Waals surface area contributed by atoms with E-state index < -0.39 is 5.41 Å². The Morgan fingerprint density at radius 3 is 1.58 bits per heavy atom. The van der Waals surface area contributed by atoms with Gasteiger partial charge in [-0.3, -0.25) is 9.20 Å². The fourth-order valence-electron chi connectivity index (χ4n) is 11.3. The van der Waals surface area contributed by atoms with E-state index in [2.05, 4.69) is 187 Å². The van der Waals surface area contributed by atoms with Crippen molar-refractivity contribution in [2.75, 3.05) is 0 Å². The first-order valence-corrected chi connectivity index (χ1v) is 20.4. The Kier molecular flexibility index (Phi) is 5.85. The molecule has 3 nitrogen and oxygen atoms in total. The predicted molar refractivity (Wildman–Crippen MR) is 243 cm³/mol. The van der Waals surface area contributed by atoms with Crippen molar-refractivity contribution < 1.29 is 0 Å². The Labute approximate surface area is 338 Å². The molecule has 272 valence electrons. The molecule has 3 heteroatoms. The lowest BCUT2D eigenvalue weighted by atomic mass is 9.70. The Hall–Kier alpha value is -7.75. The van der Waals surface area contributed by atoms with Gasteiger partial charge in [0.25, 0.3) is 5.56 Å². The molecule has 3 aromatic heterocycles. The van der Waals surface area contributed by atoms with Crippen LogP contribution in [0.5, 0.6) is 0 Å². The van der Waals surface area contributed by atoms with E-state index in [1.807, 2.05) is 16.5 Å². The summed E-state index contributed by atoms with van der Waals surface area (Å²) in [6.07, 6.45) is 0. The van der Waals surface area contributed by atoms with E-state index in [1.54, 1.807) is 0 Å². The summed E-state index contributed by atoms with van der Waals surface area (Å²) < 4.78 is 4.38. The maximum absolute atomic E-state index is 14.9. The van der Waals surface area contributed by atoms with Crippen LogP contribution in [-0.4, -0.2) is 8.97 Å². The number of aromatic nitrogens is 2. The van der Waals surface area contributed by atoms with E-state index in [1.165, 1.54) is 66.3 Å². The third-order valence-electron chi connectivity index (χ3n) is 13.6. The fraction of sp³-hybridized carbons (Fsp3) is 0.0179. The first kappa shape index (κ1) is 31.3. The van der Waals surface area contributed by atoms with Crippen molar-refractivity contribution in [2.24, 2.45) is 0 Å². The minimum Gasteiger partial charge on any atom is -0.309 e. The maximum Gasteiger partial charge on any atom is 0.263 e. The molecule has 1 spiro atoms. The van der Waals surface area contributed by atoms with Crippen molar-refractivity contribution >= 4 is 59.8 Å². The lowest BCUT2D eigenvalue weighted by molar-refractivity contribution is 0.794. The van der Waals surface area contributed by atoms with Gasteiger partial charge < -0.3 is 4.57 Å². The average molecular weight is 749 g/mol. The normalized spacial score (nSPS) is 13.6. The highest BCUT2D eigenvalue weighted by molar-refractivity contribution is 6.23. The monoisotopic (exact) mass is 748 g/mol. The van der Waals surface area contributed by atoms with Crippen LogP contribution in [0.15, 0.2) is 199 Å². The fourth-order valence-corrected chi connectivity index (χ4v) is 11.3. The van der Waals surface area contributed by atoms with E-state index in [4.69, 9.17) is 0 Å². The van der Waals surface area contributed by atoms with Crippen LogP contribution in [-0.2, 0) is 5.41 Å². The molecule has 0 saturated heterocycles. The molecule has 2 aliphatic carbocycles. The van der Waals surface area contributed by atoms with Crippen LogP contribution in [0.1, 0.15) is 22.3 Å². The molecule has 0 N–H and O–H groups in total. The maximum atomic E-state index is 14.9. The lowest BCUT2D eigenvalue weighted by Gasteiger charge is -2.30. The van der Waals surface area contributed by atoms with Gasteiger partial charge in [-0.2, -0.15) is 0 Å². The summed E-state index contributed by atoms with van der Waals surface area (Å²) in [5, 5.41) is 7.42. The molecule has 12 aromatic rings. The lowest BCUT2D eigenvalue weighted by Crippen LogP contribution is -2.26. The summed E-state index contributed by atoms with van der Waals surface area (Å²) in [7, 11) is 0. The molecule has 0 atom stereocenters. The Bertz CT molecular complexity index is 3820. The quantitative estimate of drug-likeness (QED) is 0.162. The van der Waals surface area contributed by atoms with Gasteiger partial charge in [0.05, 0.1) is 27.5 Å². The zero-order valence-electron chi connectivity index (χ0n) is 31.8. The van der Waals surface area contributed by atoms with Gasteiger partial charge in [-0.1, -0.05) is 133 Å². The molecule has 0 fully saturated rings. The molecule has 2 aliphatic rings. The van der Waals surface area contributed by atoms with Crippen LogP contribution in [0.4, 0.5) is 0 Å². The molecular weight excluding hydrogens is 717 g/mol. The molecule has 9 aromatic carbocycles. The van der Waals surface area contributed by atoms with Gasteiger partial charge in [0.15, 0.2) is 0 Å². The van der Waals surface area contributed by atoms with Crippen molar-refractivity contribution in [3.8, 4) is 39.1 Å². The Morgan fingerprint density at radius 2 is 0.864 bits per heavy atom. The number of hydrogen-bond donors (Lipinski definition) is 0. The van der Waals surface area contributed by atoms with E-state index in [0.29, 0.717) is 0 Å². The number of fused-ring (bicyclic) bond motifs is 18. The predicted octanol–water partition coefficient (Wildman–Crippen LogP) is 13.3. The van der Waals surface area contributed by atoms with Crippen molar-refractivity contribution in [1.82, 2.24) is 8.97 Å². The summed E-state index contributed by atoms with van der Waals surface area (Å²) in [5.74, 6) is 0. The molecule has 14 rings (SSSR count). The first-order chi connectivity index (χ1) is 29.2. The van der Waals surface area contributed by atoms with Gasteiger partial charge in [-0.15, -0.1) is 0 Å². The molecular formula is C56H32N2O. The van der Waals surface area contributed by atoms with Crippen LogP contribution in [0, 0.1) is 0 Å². The third kappa shape index (κ3) is 3.77. The molecule has 0 unspecified atom stereocenters. The third-order valence-corrected chi connectivity index (χ3v) is 13.6. The Morgan fingerprint density at radius 1 is 0.339 bits per heavy atom. The molecule has 0 saturated carbocycles. The molecule has 0 bridgehead atoms. The molecule has 0 amide bonds. The van der Waals surface area contributed by atoms with Crippen molar-refractivity contribution in [1.29, 1.82) is 0 Å². The van der Waals surface area contributed by atoms with Crippen molar-refractivity contribution in [3.63, 3.8) is 0 Å². The van der Waals surface area contributed by atoms with E-state index in [9.17, 15) is 4.79 Å². The van der Waals surface area contributed by atoms with Crippen molar-refractivity contribution in [3.05, 3.63) is 227 Å². The summed E-state index contributed by atoms with van der Waals surface area (Å²) in [6.45, 7) is 0. The summed E-state index contributed by atoms with van der Waals surface area (Å²) in [5.41, 5.74) is 17.4. The second-order valence-corrected chi connectivity index (χ2v) is 16.3. The minimum atomic E-state index is -0.498. The number of pyridine rings is 1. The highest BCUT2D eigenvalue weighted by Gasteiger charge is 2.51. The topological polar surface area (TPSA) is 26.4 Å². The second kappa shape index (κ2) is 11.0. The Balaban J connectivity index is 1.10. The first-order valence-electron chi connectivity index (χ1n) is 20.4. The smallest absolute Gasteiger partial charge is 0.263 e. The number of benzene rings is 9. The van der Waals surface area contributed by atoms with E-state index in [-0.39, 0.29) is 5.56 Å². The number of hydrogen-bond acceptors (Lipinski definition) is 1. The number of para-hydroxylation sites is 2. The largest absolute Gasteiger partial charge is 0.309 e.